The molecule has 5 heteroatoms. The molecule has 0 spiro atoms. The molecule has 2 N–H and O–H groups in total. The Kier molecular flexibility index (Phi) is 4.18. The van der Waals surface area contributed by atoms with Gasteiger partial charge in [0.15, 0.2) is 0 Å². The predicted molar refractivity (Wildman–Crippen MR) is 81.2 cm³/mol. The van der Waals surface area contributed by atoms with Gasteiger partial charge >= 0.3 is 0 Å². The standard InChI is InChI=1S/C15H19N3OS/c19-15(17-12-4-1-7-16-10-12)14-6-2-8-18(14)11-13-5-3-9-20-13/h2-3,5-6,8-9,12,16H,1,4,7,10-11H2,(H,17,19)/t12-/m0/s1. The molecule has 3 heterocycles. The van der Waals surface area contributed by atoms with Crippen LogP contribution in [0.3, 0.4) is 0 Å². The van der Waals surface area contributed by atoms with Crippen molar-refractivity contribution in [2.45, 2.75) is 25.4 Å². The minimum atomic E-state index is 0.0280. The summed E-state index contributed by atoms with van der Waals surface area (Å²) in [4.78, 5) is 13.6. The van der Waals surface area contributed by atoms with E-state index in [1.54, 1.807) is 11.3 Å². The van der Waals surface area contributed by atoms with Crippen molar-refractivity contribution in [3.8, 4) is 0 Å². The molecule has 1 atom stereocenters. The van der Waals surface area contributed by atoms with E-state index in [2.05, 4.69) is 22.1 Å². The first kappa shape index (κ1) is 13.4. The largest absolute Gasteiger partial charge is 0.347 e. The summed E-state index contributed by atoms with van der Waals surface area (Å²) in [6.07, 6.45) is 4.15. The second kappa shape index (κ2) is 6.24. The number of hydrogen-bond donors (Lipinski definition) is 2. The number of nitrogens with zero attached hydrogens (tertiary/aromatic N) is 1. The highest BCUT2D eigenvalue weighted by Crippen LogP contribution is 2.13. The van der Waals surface area contributed by atoms with E-state index >= 15 is 0 Å². The van der Waals surface area contributed by atoms with Crippen LogP contribution in [0.4, 0.5) is 0 Å². The molecule has 0 aromatic carbocycles. The quantitative estimate of drug-likeness (QED) is 0.905. The van der Waals surface area contributed by atoms with Crippen LogP contribution in [0.15, 0.2) is 35.8 Å². The molecule has 3 rings (SSSR count). The molecule has 2 aromatic heterocycles. The smallest absolute Gasteiger partial charge is 0.268 e. The highest BCUT2D eigenvalue weighted by molar-refractivity contribution is 7.09. The molecule has 0 radical (unpaired) electrons. The Morgan fingerprint density at radius 2 is 2.40 bits per heavy atom. The van der Waals surface area contributed by atoms with Crippen molar-refractivity contribution in [3.63, 3.8) is 0 Å². The minimum Gasteiger partial charge on any atom is -0.347 e. The Morgan fingerprint density at radius 1 is 1.45 bits per heavy atom. The number of rotatable bonds is 4. The molecule has 1 amide bonds. The van der Waals surface area contributed by atoms with Crippen LogP contribution in [0.2, 0.25) is 0 Å². The fourth-order valence-corrected chi connectivity index (χ4v) is 3.27. The molecule has 20 heavy (non-hydrogen) atoms. The van der Waals surface area contributed by atoms with Gasteiger partial charge in [0, 0.05) is 23.7 Å². The first-order valence-electron chi connectivity index (χ1n) is 7.02. The Labute approximate surface area is 122 Å². The lowest BCUT2D eigenvalue weighted by Crippen LogP contribution is -2.46. The Morgan fingerprint density at radius 3 is 3.15 bits per heavy atom. The highest BCUT2D eigenvalue weighted by atomic mass is 32.1. The molecular formula is C15H19N3OS. The van der Waals surface area contributed by atoms with Crippen LogP contribution in [-0.4, -0.2) is 29.6 Å². The van der Waals surface area contributed by atoms with Crippen LogP contribution in [-0.2, 0) is 6.54 Å². The summed E-state index contributed by atoms with van der Waals surface area (Å²) in [5.41, 5.74) is 0.740. The summed E-state index contributed by atoms with van der Waals surface area (Å²) in [6, 6.07) is 8.20. The zero-order valence-corrected chi connectivity index (χ0v) is 12.2. The summed E-state index contributed by atoms with van der Waals surface area (Å²) in [5, 5.41) is 8.50. The molecule has 0 aliphatic carbocycles. The summed E-state index contributed by atoms with van der Waals surface area (Å²) >= 11 is 1.71. The predicted octanol–water partition coefficient (Wildman–Crippen LogP) is 2.08. The fraction of sp³-hybridized carbons (Fsp3) is 0.400. The van der Waals surface area contributed by atoms with Crippen molar-refractivity contribution in [1.82, 2.24) is 15.2 Å². The summed E-state index contributed by atoms with van der Waals surface area (Å²) in [7, 11) is 0. The third-order valence-corrected chi connectivity index (χ3v) is 4.46. The van der Waals surface area contributed by atoms with Crippen LogP contribution < -0.4 is 10.6 Å². The zero-order valence-electron chi connectivity index (χ0n) is 11.3. The van der Waals surface area contributed by atoms with E-state index in [9.17, 15) is 4.79 Å². The van der Waals surface area contributed by atoms with Gasteiger partial charge in [-0.15, -0.1) is 11.3 Å². The van der Waals surface area contributed by atoms with E-state index in [0.29, 0.717) is 0 Å². The number of carbonyl (C=O) groups is 1. The number of piperidine rings is 1. The van der Waals surface area contributed by atoms with Crippen molar-refractivity contribution in [3.05, 3.63) is 46.4 Å². The topological polar surface area (TPSA) is 46.1 Å². The van der Waals surface area contributed by atoms with Crippen LogP contribution in [0.5, 0.6) is 0 Å². The lowest BCUT2D eigenvalue weighted by atomic mass is 10.1. The maximum absolute atomic E-state index is 12.4. The number of carbonyl (C=O) groups excluding carboxylic acids is 1. The number of nitrogens with one attached hydrogen (secondary N) is 2. The minimum absolute atomic E-state index is 0.0280. The van der Waals surface area contributed by atoms with Gasteiger partial charge in [-0.2, -0.15) is 0 Å². The van der Waals surface area contributed by atoms with Crippen LogP contribution in [0.25, 0.3) is 0 Å². The molecule has 0 unspecified atom stereocenters. The van der Waals surface area contributed by atoms with Gasteiger partial charge in [0.05, 0.1) is 6.54 Å². The molecule has 1 saturated heterocycles. The van der Waals surface area contributed by atoms with Gasteiger partial charge < -0.3 is 15.2 Å². The third kappa shape index (κ3) is 3.11. The van der Waals surface area contributed by atoms with Crippen LogP contribution in [0.1, 0.15) is 28.2 Å². The van der Waals surface area contributed by atoms with Crippen molar-refractivity contribution in [2.75, 3.05) is 13.1 Å². The second-order valence-corrected chi connectivity index (χ2v) is 6.15. The van der Waals surface area contributed by atoms with Crippen LogP contribution >= 0.6 is 11.3 Å². The molecule has 1 aliphatic rings. The molecule has 0 bridgehead atoms. The molecule has 2 aromatic rings. The van der Waals surface area contributed by atoms with Crippen molar-refractivity contribution >= 4 is 17.2 Å². The summed E-state index contributed by atoms with van der Waals surface area (Å²) < 4.78 is 2.01. The van der Waals surface area contributed by atoms with Crippen molar-refractivity contribution < 1.29 is 4.79 Å². The van der Waals surface area contributed by atoms with Crippen molar-refractivity contribution in [1.29, 1.82) is 0 Å². The number of hydrogen-bond acceptors (Lipinski definition) is 3. The Hall–Kier alpha value is -1.59. The van der Waals surface area contributed by atoms with E-state index in [0.717, 1.165) is 38.2 Å². The lowest BCUT2D eigenvalue weighted by molar-refractivity contribution is 0.0922. The van der Waals surface area contributed by atoms with Gasteiger partial charge in [-0.1, -0.05) is 6.07 Å². The average Bonchev–Trinajstić information content (AvgIpc) is 3.12. The average molecular weight is 289 g/mol. The first-order valence-corrected chi connectivity index (χ1v) is 7.90. The van der Waals surface area contributed by atoms with Gasteiger partial charge in [0.25, 0.3) is 5.91 Å². The molecule has 1 aliphatic heterocycles. The van der Waals surface area contributed by atoms with E-state index in [-0.39, 0.29) is 11.9 Å². The molecule has 106 valence electrons. The molecular weight excluding hydrogens is 270 g/mol. The summed E-state index contributed by atoms with van der Waals surface area (Å²) in [5.74, 6) is 0.0280. The Balaban J connectivity index is 1.67. The lowest BCUT2D eigenvalue weighted by Gasteiger charge is -2.24. The van der Waals surface area contributed by atoms with Gasteiger partial charge in [-0.25, -0.2) is 0 Å². The SMILES string of the molecule is O=C(N[C@H]1CCCNC1)c1cccn1Cc1cccs1. The third-order valence-electron chi connectivity index (χ3n) is 3.60. The van der Waals surface area contributed by atoms with E-state index < -0.39 is 0 Å². The van der Waals surface area contributed by atoms with Gasteiger partial charge in [-0.05, 0) is 43.0 Å². The number of aromatic nitrogens is 1. The second-order valence-electron chi connectivity index (χ2n) is 5.12. The zero-order chi connectivity index (χ0) is 13.8. The highest BCUT2D eigenvalue weighted by Gasteiger charge is 2.18. The molecule has 0 saturated carbocycles. The van der Waals surface area contributed by atoms with Crippen molar-refractivity contribution in [2.24, 2.45) is 0 Å². The number of amides is 1. The molecule has 1 fully saturated rings. The number of thiophene rings is 1. The maximum Gasteiger partial charge on any atom is 0.268 e. The van der Waals surface area contributed by atoms with E-state index in [1.807, 2.05) is 29.0 Å². The van der Waals surface area contributed by atoms with Gasteiger partial charge in [0.1, 0.15) is 5.69 Å². The van der Waals surface area contributed by atoms with Crippen LogP contribution in [0, 0.1) is 0 Å². The monoisotopic (exact) mass is 289 g/mol. The van der Waals surface area contributed by atoms with Gasteiger partial charge in [0.2, 0.25) is 0 Å². The van der Waals surface area contributed by atoms with Gasteiger partial charge in [-0.3, -0.25) is 4.79 Å². The molecule has 4 nitrogen and oxygen atoms in total. The van der Waals surface area contributed by atoms with E-state index in [4.69, 9.17) is 0 Å². The fourth-order valence-electron chi connectivity index (χ4n) is 2.56. The Bertz CT molecular complexity index is 555. The normalized spacial score (nSPS) is 18.9. The maximum atomic E-state index is 12.4. The van der Waals surface area contributed by atoms with E-state index in [1.165, 1.54) is 4.88 Å². The first-order chi connectivity index (χ1) is 9.83. The summed E-state index contributed by atoms with van der Waals surface area (Å²) in [6.45, 7) is 2.69.